The van der Waals surface area contributed by atoms with E-state index >= 15 is 0 Å². The molecule has 2 heterocycles. The van der Waals surface area contributed by atoms with Crippen molar-refractivity contribution < 1.29 is 9.90 Å². The fourth-order valence-electron chi connectivity index (χ4n) is 2.36. The molecule has 1 aromatic heterocycles. The first-order chi connectivity index (χ1) is 8.20. The molecule has 17 heavy (non-hydrogen) atoms. The molecule has 0 saturated carbocycles. The quantitative estimate of drug-likeness (QED) is 0.790. The van der Waals surface area contributed by atoms with Crippen molar-refractivity contribution in [3.8, 4) is 0 Å². The van der Waals surface area contributed by atoms with Gasteiger partial charge in [0.1, 0.15) is 0 Å². The maximum Gasteiger partial charge on any atom is 0.193 e. The predicted molar refractivity (Wildman–Crippen MR) is 66.0 cm³/mol. The molecule has 1 N–H and O–H groups in total. The number of ketones is 1. The van der Waals surface area contributed by atoms with Gasteiger partial charge in [0, 0.05) is 19.9 Å². The lowest BCUT2D eigenvalue weighted by molar-refractivity contribution is 0.0856. The second-order valence-electron chi connectivity index (χ2n) is 4.83. The van der Waals surface area contributed by atoms with Crippen LogP contribution >= 0.6 is 0 Å². The maximum atomic E-state index is 12.0. The Kier molecular flexibility index (Phi) is 3.97. The van der Waals surface area contributed by atoms with Crippen molar-refractivity contribution >= 4 is 5.78 Å². The van der Waals surface area contributed by atoms with Gasteiger partial charge in [0.15, 0.2) is 5.78 Å². The van der Waals surface area contributed by atoms with Crippen LogP contribution in [0.2, 0.25) is 0 Å². The van der Waals surface area contributed by atoms with E-state index in [-0.39, 0.29) is 12.4 Å². The first kappa shape index (κ1) is 12.3. The largest absolute Gasteiger partial charge is 0.396 e. The number of hydrogen-bond donors (Lipinski definition) is 1. The molecular weight excluding hydrogens is 216 g/mol. The molecule has 0 amide bonds. The summed E-state index contributed by atoms with van der Waals surface area (Å²) in [5.41, 5.74) is 0.772. The van der Waals surface area contributed by atoms with E-state index in [0.29, 0.717) is 12.5 Å². The van der Waals surface area contributed by atoms with Crippen LogP contribution < -0.4 is 0 Å². The van der Waals surface area contributed by atoms with Crippen LogP contribution in [0.3, 0.4) is 0 Å². The summed E-state index contributed by atoms with van der Waals surface area (Å²) in [6.07, 6.45) is 3.89. The third-order valence-corrected chi connectivity index (χ3v) is 3.56. The molecule has 2 rings (SSSR count). The standard InChI is InChI=1S/C13H20N2O2/c1-14-6-2-3-12(14)13(17)9-15-7-4-11(10-16)5-8-15/h2-3,6,11,16H,4-5,7-10H2,1H3. The monoisotopic (exact) mass is 236 g/mol. The van der Waals surface area contributed by atoms with E-state index in [9.17, 15) is 4.79 Å². The number of nitrogens with zero attached hydrogens (tertiary/aromatic N) is 2. The van der Waals surface area contributed by atoms with Crippen LogP contribution in [0, 0.1) is 5.92 Å². The lowest BCUT2D eigenvalue weighted by Gasteiger charge is -2.30. The van der Waals surface area contributed by atoms with E-state index in [4.69, 9.17) is 5.11 Å². The molecule has 1 saturated heterocycles. The Morgan fingerprint density at radius 2 is 2.18 bits per heavy atom. The van der Waals surface area contributed by atoms with Crippen molar-refractivity contribution in [2.45, 2.75) is 12.8 Å². The number of carbonyl (C=O) groups excluding carboxylic acids is 1. The summed E-state index contributed by atoms with van der Waals surface area (Å²) in [6.45, 7) is 2.61. The van der Waals surface area contributed by atoms with Crippen molar-refractivity contribution in [3.05, 3.63) is 24.0 Å². The zero-order valence-corrected chi connectivity index (χ0v) is 10.3. The van der Waals surface area contributed by atoms with Crippen molar-refractivity contribution in [1.29, 1.82) is 0 Å². The highest BCUT2D eigenvalue weighted by Gasteiger charge is 2.21. The number of piperidine rings is 1. The van der Waals surface area contributed by atoms with Gasteiger partial charge >= 0.3 is 0 Å². The van der Waals surface area contributed by atoms with Crippen molar-refractivity contribution in [3.63, 3.8) is 0 Å². The number of aliphatic hydroxyl groups excluding tert-OH is 1. The van der Waals surface area contributed by atoms with E-state index in [1.54, 1.807) is 0 Å². The number of aliphatic hydroxyl groups is 1. The molecule has 0 aliphatic carbocycles. The van der Waals surface area contributed by atoms with Gasteiger partial charge < -0.3 is 9.67 Å². The second-order valence-corrected chi connectivity index (χ2v) is 4.83. The Balaban J connectivity index is 1.86. The topological polar surface area (TPSA) is 45.5 Å². The molecule has 1 aromatic rings. The van der Waals surface area contributed by atoms with E-state index < -0.39 is 0 Å². The number of rotatable bonds is 4. The SMILES string of the molecule is Cn1cccc1C(=O)CN1CCC(CO)CC1. The third kappa shape index (κ3) is 2.96. The number of Topliss-reactive ketones (excluding diaryl/α,β-unsaturated/α-hetero) is 1. The summed E-state index contributed by atoms with van der Waals surface area (Å²) in [6, 6.07) is 3.76. The number of likely N-dealkylation sites (tertiary alicyclic amines) is 1. The van der Waals surface area contributed by atoms with Gasteiger partial charge in [-0.15, -0.1) is 0 Å². The Hall–Kier alpha value is -1.13. The summed E-state index contributed by atoms with van der Waals surface area (Å²) >= 11 is 0. The Morgan fingerprint density at radius 3 is 2.71 bits per heavy atom. The van der Waals surface area contributed by atoms with E-state index in [0.717, 1.165) is 31.6 Å². The lowest BCUT2D eigenvalue weighted by atomic mass is 9.98. The molecule has 0 atom stereocenters. The molecule has 4 heteroatoms. The van der Waals surface area contributed by atoms with Gasteiger partial charge in [0.2, 0.25) is 0 Å². The molecule has 1 aliphatic heterocycles. The summed E-state index contributed by atoms with van der Waals surface area (Å²) in [5.74, 6) is 0.608. The first-order valence-electron chi connectivity index (χ1n) is 6.18. The van der Waals surface area contributed by atoms with Gasteiger partial charge in [0.25, 0.3) is 0 Å². The maximum absolute atomic E-state index is 12.0. The molecule has 1 aliphatic rings. The minimum absolute atomic E-state index is 0.181. The highest BCUT2D eigenvalue weighted by atomic mass is 16.3. The predicted octanol–water partition coefficient (Wildman–Crippen LogP) is 0.912. The summed E-state index contributed by atoms with van der Waals surface area (Å²) in [4.78, 5) is 14.2. The number of hydrogen-bond acceptors (Lipinski definition) is 3. The van der Waals surface area contributed by atoms with Crippen LogP contribution in [-0.2, 0) is 7.05 Å². The van der Waals surface area contributed by atoms with Gasteiger partial charge in [-0.25, -0.2) is 0 Å². The summed E-state index contributed by atoms with van der Waals surface area (Å²) in [5, 5.41) is 9.06. The lowest BCUT2D eigenvalue weighted by Crippen LogP contribution is -2.38. The van der Waals surface area contributed by atoms with Crippen LogP contribution in [-0.4, -0.2) is 46.6 Å². The van der Waals surface area contributed by atoms with Crippen LogP contribution in [0.4, 0.5) is 0 Å². The zero-order chi connectivity index (χ0) is 12.3. The normalized spacial score (nSPS) is 18.5. The Bertz CT molecular complexity index is 379. The summed E-state index contributed by atoms with van der Waals surface area (Å²) in [7, 11) is 1.89. The fraction of sp³-hybridized carbons (Fsp3) is 0.615. The van der Waals surface area contributed by atoms with Gasteiger partial charge in [-0.2, -0.15) is 0 Å². The van der Waals surface area contributed by atoms with Gasteiger partial charge in [-0.05, 0) is 44.0 Å². The van der Waals surface area contributed by atoms with Gasteiger partial charge in [-0.3, -0.25) is 9.69 Å². The van der Waals surface area contributed by atoms with Crippen LogP contribution in [0.5, 0.6) is 0 Å². The van der Waals surface area contributed by atoms with E-state index in [1.165, 1.54) is 0 Å². The molecule has 94 valence electrons. The molecular formula is C13H20N2O2. The number of aryl methyl sites for hydroxylation is 1. The third-order valence-electron chi connectivity index (χ3n) is 3.56. The molecule has 4 nitrogen and oxygen atoms in total. The van der Waals surface area contributed by atoms with Crippen LogP contribution in [0.25, 0.3) is 0 Å². The van der Waals surface area contributed by atoms with Gasteiger partial charge in [0.05, 0.1) is 12.2 Å². The van der Waals surface area contributed by atoms with E-state index in [2.05, 4.69) is 4.90 Å². The van der Waals surface area contributed by atoms with Crippen LogP contribution in [0.15, 0.2) is 18.3 Å². The molecule has 1 fully saturated rings. The van der Waals surface area contributed by atoms with Crippen molar-refractivity contribution in [1.82, 2.24) is 9.47 Å². The molecule has 0 unspecified atom stereocenters. The number of aromatic nitrogens is 1. The zero-order valence-electron chi connectivity index (χ0n) is 10.3. The highest BCUT2D eigenvalue weighted by Crippen LogP contribution is 2.16. The Labute approximate surface area is 102 Å². The minimum atomic E-state index is 0.181. The molecule has 0 aromatic carbocycles. The smallest absolute Gasteiger partial charge is 0.193 e. The average Bonchev–Trinajstić information content (AvgIpc) is 2.76. The molecule has 0 bridgehead atoms. The summed E-state index contributed by atoms with van der Waals surface area (Å²) < 4.78 is 1.86. The second kappa shape index (κ2) is 5.47. The number of carbonyl (C=O) groups is 1. The average molecular weight is 236 g/mol. The Morgan fingerprint density at radius 1 is 1.47 bits per heavy atom. The molecule has 0 spiro atoms. The fourth-order valence-corrected chi connectivity index (χ4v) is 2.36. The van der Waals surface area contributed by atoms with E-state index in [1.807, 2.05) is 29.9 Å². The minimum Gasteiger partial charge on any atom is -0.396 e. The molecule has 0 radical (unpaired) electrons. The van der Waals surface area contributed by atoms with Crippen molar-refractivity contribution in [2.24, 2.45) is 13.0 Å². The van der Waals surface area contributed by atoms with Crippen LogP contribution in [0.1, 0.15) is 23.3 Å². The first-order valence-corrected chi connectivity index (χ1v) is 6.18. The highest BCUT2D eigenvalue weighted by molar-refractivity contribution is 5.96. The van der Waals surface area contributed by atoms with Crippen molar-refractivity contribution in [2.75, 3.05) is 26.2 Å². The van der Waals surface area contributed by atoms with Gasteiger partial charge in [-0.1, -0.05) is 0 Å².